The molecule has 4 nitrogen and oxygen atoms in total. The van der Waals surface area contributed by atoms with Gasteiger partial charge in [0.05, 0.1) is 0 Å². The van der Waals surface area contributed by atoms with Crippen LogP contribution in [-0.2, 0) is 6.54 Å². The fraction of sp³-hybridized carbons (Fsp3) is 0.500. The summed E-state index contributed by atoms with van der Waals surface area (Å²) in [6.45, 7) is 3.09. The molecule has 2 N–H and O–H groups in total. The number of rotatable bonds is 4. The van der Waals surface area contributed by atoms with Crippen molar-refractivity contribution in [1.82, 2.24) is 10.2 Å². The summed E-state index contributed by atoms with van der Waals surface area (Å²) in [4.78, 5) is 12.8. The van der Waals surface area contributed by atoms with E-state index < -0.39 is 6.09 Å². The number of nitrogens with zero attached hydrogens (tertiary/aromatic N) is 1. The summed E-state index contributed by atoms with van der Waals surface area (Å²) in [5.74, 6) is 0.443. The van der Waals surface area contributed by atoms with Crippen molar-refractivity contribution in [2.75, 3.05) is 19.6 Å². The Morgan fingerprint density at radius 2 is 2.11 bits per heavy atom. The van der Waals surface area contributed by atoms with Crippen LogP contribution in [0.3, 0.4) is 0 Å². The van der Waals surface area contributed by atoms with Gasteiger partial charge in [-0.25, -0.2) is 4.79 Å². The Bertz CT molecular complexity index is 380. The Balaban J connectivity index is 0.00000180. The molecule has 5 heteroatoms. The Labute approximate surface area is 120 Å². The number of carbonyl (C=O) groups is 1. The molecule has 19 heavy (non-hydrogen) atoms. The predicted octanol–water partition coefficient (Wildman–Crippen LogP) is 2.59. The Morgan fingerprint density at radius 3 is 2.68 bits per heavy atom. The standard InChI is InChI=1S/C14H20N2O2.ClH/c17-14(18)16(10-12-5-2-1-3-6-12)11-13-7-4-8-15-9-13;/h1-3,5-6,13,15H,4,7-11H2,(H,17,18);1H/t13-;/m0./s1. The summed E-state index contributed by atoms with van der Waals surface area (Å²) < 4.78 is 0. The molecule has 0 aromatic heterocycles. The minimum atomic E-state index is -0.829. The molecule has 1 aromatic carbocycles. The molecule has 1 saturated heterocycles. The van der Waals surface area contributed by atoms with Crippen molar-refractivity contribution in [2.24, 2.45) is 5.92 Å². The van der Waals surface area contributed by atoms with E-state index in [9.17, 15) is 9.90 Å². The second-order valence-corrected chi connectivity index (χ2v) is 4.86. The first-order valence-corrected chi connectivity index (χ1v) is 6.48. The van der Waals surface area contributed by atoms with Crippen molar-refractivity contribution < 1.29 is 9.90 Å². The van der Waals surface area contributed by atoms with Crippen LogP contribution >= 0.6 is 12.4 Å². The number of piperidine rings is 1. The van der Waals surface area contributed by atoms with Gasteiger partial charge in [-0.15, -0.1) is 12.4 Å². The number of hydrogen-bond donors (Lipinski definition) is 2. The van der Waals surface area contributed by atoms with E-state index >= 15 is 0 Å². The molecular formula is C14H21ClN2O2. The maximum Gasteiger partial charge on any atom is 0.407 e. The van der Waals surface area contributed by atoms with Gasteiger partial charge < -0.3 is 15.3 Å². The van der Waals surface area contributed by atoms with Crippen LogP contribution in [0.25, 0.3) is 0 Å². The van der Waals surface area contributed by atoms with Gasteiger partial charge in [0, 0.05) is 13.1 Å². The van der Waals surface area contributed by atoms with Gasteiger partial charge >= 0.3 is 6.09 Å². The molecule has 1 aliphatic heterocycles. The average Bonchev–Trinajstić information content (AvgIpc) is 2.40. The van der Waals surface area contributed by atoms with Crippen molar-refractivity contribution in [3.63, 3.8) is 0 Å². The maximum atomic E-state index is 11.3. The van der Waals surface area contributed by atoms with E-state index in [-0.39, 0.29) is 12.4 Å². The lowest BCUT2D eigenvalue weighted by Gasteiger charge is -2.28. The topological polar surface area (TPSA) is 52.6 Å². The van der Waals surface area contributed by atoms with Crippen molar-refractivity contribution in [2.45, 2.75) is 19.4 Å². The monoisotopic (exact) mass is 284 g/mol. The molecular weight excluding hydrogens is 264 g/mol. The molecule has 1 atom stereocenters. The SMILES string of the molecule is Cl.O=C(O)N(Cc1ccccc1)C[C@H]1CCCNC1. The second-order valence-electron chi connectivity index (χ2n) is 4.86. The van der Waals surface area contributed by atoms with Crippen LogP contribution in [0, 0.1) is 5.92 Å². The fourth-order valence-corrected chi connectivity index (χ4v) is 2.41. The van der Waals surface area contributed by atoms with Gasteiger partial charge in [-0.2, -0.15) is 0 Å². The number of carboxylic acid groups (broad SMARTS) is 1. The number of nitrogens with one attached hydrogen (secondary N) is 1. The first-order valence-electron chi connectivity index (χ1n) is 6.48. The zero-order valence-corrected chi connectivity index (χ0v) is 11.7. The molecule has 1 aromatic rings. The van der Waals surface area contributed by atoms with Crippen LogP contribution in [0.1, 0.15) is 18.4 Å². The normalized spacial score (nSPS) is 18.4. The van der Waals surface area contributed by atoms with Crippen LogP contribution in [0.2, 0.25) is 0 Å². The molecule has 0 aliphatic carbocycles. The molecule has 0 radical (unpaired) electrons. The van der Waals surface area contributed by atoms with Crippen LogP contribution in [0.5, 0.6) is 0 Å². The average molecular weight is 285 g/mol. The van der Waals surface area contributed by atoms with E-state index in [0.717, 1.165) is 31.5 Å². The van der Waals surface area contributed by atoms with Crippen LogP contribution < -0.4 is 5.32 Å². The van der Waals surface area contributed by atoms with Crippen molar-refractivity contribution >= 4 is 18.5 Å². The maximum absolute atomic E-state index is 11.3. The lowest BCUT2D eigenvalue weighted by molar-refractivity contribution is 0.129. The minimum absolute atomic E-state index is 0. The van der Waals surface area contributed by atoms with E-state index in [0.29, 0.717) is 19.0 Å². The highest BCUT2D eigenvalue weighted by atomic mass is 35.5. The summed E-state index contributed by atoms with van der Waals surface area (Å²) in [6.07, 6.45) is 1.43. The molecule has 2 rings (SSSR count). The second kappa shape index (κ2) is 8.02. The Morgan fingerprint density at radius 1 is 1.37 bits per heavy atom. The summed E-state index contributed by atoms with van der Waals surface area (Å²) in [6, 6.07) is 9.76. The minimum Gasteiger partial charge on any atom is -0.465 e. The number of benzene rings is 1. The van der Waals surface area contributed by atoms with E-state index in [1.165, 1.54) is 4.90 Å². The third kappa shape index (κ3) is 5.09. The molecule has 0 bridgehead atoms. The highest BCUT2D eigenvalue weighted by molar-refractivity contribution is 5.85. The fourth-order valence-electron chi connectivity index (χ4n) is 2.41. The van der Waals surface area contributed by atoms with Crippen LogP contribution in [-0.4, -0.2) is 35.7 Å². The number of amides is 1. The van der Waals surface area contributed by atoms with Crippen LogP contribution in [0.4, 0.5) is 4.79 Å². The van der Waals surface area contributed by atoms with Gasteiger partial charge in [-0.3, -0.25) is 0 Å². The zero-order valence-electron chi connectivity index (χ0n) is 10.9. The van der Waals surface area contributed by atoms with Gasteiger partial charge in [-0.05, 0) is 37.4 Å². The van der Waals surface area contributed by atoms with Gasteiger partial charge in [0.15, 0.2) is 0 Å². The molecule has 1 heterocycles. The van der Waals surface area contributed by atoms with Gasteiger partial charge in [-0.1, -0.05) is 30.3 Å². The first kappa shape index (κ1) is 15.8. The molecule has 0 saturated carbocycles. The third-order valence-electron chi connectivity index (χ3n) is 3.36. The first-order chi connectivity index (χ1) is 8.75. The number of halogens is 1. The Kier molecular flexibility index (Phi) is 6.67. The summed E-state index contributed by atoms with van der Waals surface area (Å²) in [5, 5.41) is 12.6. The predicted molar refractivity (Wildman–Crippen MR) is 77.7 cm³/mol. The summed E-state index contributed by atoms with van der Waals surface area (Å²) in [5.41, 5.74) is 1.05. The Hall–Kier alpha value is -1.26. The summed E-state index contributed by atoms with van der Waals surface area (Å²) >= 11 is 0. The van der Waals surface area contributed by atoms with Crippen molar-refractivity contribution in [3.8, 4) is 0 Å². The lowest BCUT2D eigenvalue weighted by Crippen LogP contribution is -2.40. The molecule has 106 valence electrons. The molecule has 1 fully saturated rings. The molecule has 1 aliphatic rings. The summed E-state index contributed by atoms with van der Waals surface area (Å²) in [7, 11) is 0. The molecule has 0 spiro atoms. The van der Waals surface area contributed by atoms with Gasteiger partial charge in [0.1, 0.15) is 0 Å². The molecule has 1 amide bonds. The van der Waals surface area contributed by atoms with E-state index in [4.69, 9.17) is 0 Å². The lowest BCUT2D eigenvalue weighted by atomic mass is 9.99. The van der Waals surface area contributed by atoms with Crippen molar-refractivity contribution in [1.29, 1.82) is 0 Å². The van der Waals surface area contributed by atoms with E-state index in [2.05, 4.69) is 5.32 Å². The van der Waals surface area contributed by atoms with Crippen molar-refractivity contribution in [3.05, 3.63) is 35.9 Å². The van der Waals surface area contributed by atoms with Gasteiger partial charge in [0.25, 0.3) is 0 Å². The smallest absolute Gasteiger partial charge is 0.407 e. The van der Waals surface area contributed by atoms with E-state index in [1.54, 1.807) is 0 Å². The quantitative estimate of drug-likeness (QED) is 0.893. The highest BCUT2D eigenvalue weighted by Gasteiger charge is 2.20. The van der Waals surface area contributed by atoms with E-state index in [1.807, 2.05) is 30.3 Å². The van der Waals surface area contributed by atoms with Gasteiger partial charge in [0.2, 0.25) is 0 Å². The zero-order chi connectivity index (χ0) is 12.8. The third-order valence-corrected chi connectivity index (χ3v) is 3.36. The molecule has 0 unspecified atom stereocenters. The van der Waals surface area contributed by atoms with Crippen LogP contribution in [0.15, 0.2) is 30.3 Å². The highest BCUT2D eigenvalue weighted by Crippen LogP contribution is 2.14. The largest absolute Gasteiger partial charge is 0.465 e. The number of hydrogen-bond acceptors (Lipinski definition) is 2.